The topological polar surface area (TPSA) is 49.6 Å². The van der Waals surface area contributed by atoms with Crippen LogP contribution >= 0.6 is 0 Å². The quantitative estimate of drug-likeness (QED) is 0.907. The second-order valence-electron chi connectivity index (χ2n) is 7.20. The Labute approximate surface area is 140 Å². The van der Waals surface area contributed by atoms with Gasteiger partial charge in [-0.25, -0.2) is 0 Å². The van der Waals surface area contributed by atoms with E-state index < -0.39 is 6.04 Å². The Morgan fingerprint density at radius 3 is 2.57 bits per heavy atom. The van der Waals surface area contributed by atoms with Crippen LogP contribution in [0.3, 0.4) is 0 Å². The third kappa shape index (κ3) is 4.55. The maximum absolute atomic E-state index is 12.5. The molecule has 1 fully saturated rings. The highest BCUT2D eigenvalue weighted by Gasteiger charge is 2.32. The molecule has 3 atom stereocenters. The van der Waals surface area contributed by atoms with Crippen LogP contribution in [0.4, 0.5) is 0 Å². The van der Waals surface area contributed by atoms with Crippen LogP contribution in [0.5, 0.6) is 0 Å². The van der Waals surface area contributed by atoms with Crippen molar-refractivity contribution in [2.75, 3.05) is 13.6 Å². The monoisotopic (exact) mass is 317 g/mol. The van der Waals surface area contributed by atoms with E-state index in [4.69, 9.17) is 5.73 Å². The van der Waals surface area contributed by atoms with Crippen LogP contribution < -0.4 is 5.73 Å². The summed E-state index contributed by atoms with van der Waals surface area (Å²) >= 11 is 0. The lowest BCUT2D eigenvalue weighted by molar-refractivity contribution is -0.135. The van der Waals surface area contributed by atoms with Gasteiger partial charge >= 0.3 is 0 Å². The molecular formula is C19H31N3O. The van der Waals surface area contributed by atoms with E-state index in [1.807, 2.05) is 25.8 Å². The van der Waals surface area contributed by atoms with E-state index in [1.54, 1.807) is 0 Å². The molecule has 0 unspecified atom stereocenters. The molecule has 0 radical (unpaired) electrons. The summed E-state index contributed by atoms with van der Waals surface area (Å²) in [6.07, 6.45) is 2.03. The fourth-order valence-corrected chi connectivity index (χ4v) is 3.30. The van der Waals surface area contributed by atoms with Gasteiger partial charge in [-0.1, -0.05) is 44.2 Å². The fraction of sp³-hybridized carbons (Fsp3) is 0.632. The van der Waals surface area contributed by atoms with Crippen molar-refractivity contribution in [1.29, 1.82) is 0 Å². The molecule has 1 aromatic rings. The minimum atomic E-state index is -0.391. The predicted octanol–water partition coefficient (Wildman–Crippen LogP) is 2.48. The first kappa shape index (κ1) is 18.0. The molecule has 2 N–H and O–H groups in total. The molecule has 1 heterocycles. The smallest absolute Gasteiger partial charge is 0.239 e. The molecule has 0 aromatic heterocycles. The maximum atomic E-state index is 12.5. The normalized spacial score (nSPS) is 23.7. The fourth-order valence-electron chi connectivity index (χ4n) is 3.30. The van der Waals surface area contributed by atoms with Crippen molar-refractivity contribution in [2.45, 2.75) is 58.3 Å². The zero-order chi connectivity index (χ0) is 17.0. The van der Waals surface area contributed by atoms with Crippen molar-refractivity contribution in [3.05, 3.63) is 35.9 Å². The summed E-state index contributed by atoms with van der Waals surface area (Å²) in [5, 5.41) is 0. The lowest BCUT2D eigenvalue weighted by atomic mass is 9.95. The molecule has 4 heteroatoms. The Bertz CT molecular complexity index is 503. The highest BCUT2D eigenvalue weighted by atomic mass is 16.2. The van der Waals surface area contributed by atoms with Crippen LogP contribution in [0, 0.1) is 5.92 Å². The van der Waals surface area contributed by atoms with Crippen LogP contribution in [0.2, 0.25) is 0 Å². The van der Waals surface area contributed by atoms with E-state index in [2.05, 4.69) is 42.2 Å². The van der Waals surface area contributed by atoms with E-state index in [-0.39, 0.29) is 11.8 Å². The molecule has 0 spiro atoms. The molecule has 1 aliphatic heterocycles. The number of benzene rings is 1. The maximum Gasteiger partial charge on any atom is 0.239 e. The summed E-state index contributed by atoms with van der Waals surface area (Å²) in [4.78, 5) is 16.8. The summed E-state index contributed by atoms with van der Waals surface area (Å²) < 4.78 is 0. The first-order valence-electron chi connectivity index (χ1n) is 8.70. The molecule has 128 valence electrons. The number of carbonyl (C=O) groups is 1. The minimum absolute atomic E-state index is 0.0775. The third-order valence-electron chi connectivity index (χ3n) is 5.11. The highest BCUT2D eigenvalue weighted by molar-refractivity contribution is 5.82. The highest BCUT2D eigenvalue weighted by Crippen LogP contribution is 2.23. The lowest BCUT2D eigenvalue weighted by Crippen LogP contribution is -2.53. The van der Waals surface area contributed by atoms with Crippen molar-refractivity contribution in [3.63, 3.8) is 0 Å². The molecule has 2 rings (SSSR count). The molecule has 0 saturated carbocycles. The SMILES string of the molecule is CC(C)[C@H](N)C(=O)N(C)[C@H]1CCN(Cc2ccccc2)[C@@H](C)C1. The van der Waals surface area contributed by atoms with Gasteiger partial charge in [0.15, 0.2) is 0 Å². The largest absolute Gasteiger partial charge is 0.341 e. The van der Waals surface area contributed by atoms with Gasteiger partial charge in [0, 0.05) is 32.2 Å². The van der Waals surface area contributed by atoms with Crippen molar-refractivity contribution in [1.82, 2.24) is 9.80 Å². The average molecular weight is 317 g/mol. The molecule has 0 aliphatic carbocycles. The van der Waals surface area contributed by atoms with Crippen LogP contribution in [-0.4, -0.2) is 47.4 Å². The molecule has 23 heavy (non-hydrogen) atoms. The number of rotatable bonds is 5. The Morgan fingerprint density at radius 1 is 1.35 bits per heavy atom. The van der Waals surface area contributed by atoms with E-state index in [0.717, 1.165) is 25.9 Å². The van der Waals surface area contributed by atoms with Crippen molar-refractivity contribution < 1.29 is 4.79 Å². The molecule has 4 nitrogen and oxygen atoms in total. The van der Waals surface area contributed by atoms with Gasteiger partial charge in [-0.3, -0.25) is 9.69 Å². The van der Waals surface area contributed by atoms with E-state index in [1.165, 1.54) is 5.56 Å². The number of likely N-dealkylation sites (tertiary alicyclic amines) is 1. The van der Waals surface area contributed by atoms with Crippen molar-refractivity contribution in [3.8, 4) is 0 Å². The molecule has 1 saturated heterocycles. The summed E-state index contributed by atoms with van der Waals surface area (Å²) in [6.45, 7) is 8.27. The minimum Gasteiger partial charge on any atom is -0.341 e. The Balaban J connectivity index is 1.91. The van der Waals surface area contributed by atoms with Gasteiger partial charge in [0.1, 0.15) is 0 Å². The van der Waals surface area contributed by atoms with Crippen molar-refractivity contribution >= 4 is 5.91 Å². The second kappa shape index (κ2) is 7.93. The van der Waals surface area contributed by atoms with Gasteiger partial charge in [-0.05, 0) is 31.2 Å². The summed E-state index contributed by atoms with van der Waals surface area (Å²) in [5.41, 5.74) is 7.38. The third-order valence-corrected chi connectivity index (χ3v) is 5.11. The number of hydrogen-bond acceptors (Lipinski definition) is 3. The first-order chi connectivity index (χ1) is 10.9. The van der Waals surface area contributed by atoms with Gasteiger partial charge < -0.3 is 10.6 Å². The molecule has 0 bridgehead atoms. The van der Waals surface area contributed by atoms with Gasteiger partial charge in [-0.2, -0.15) is 0 Å². The lowest BCUT2D eigenvalue weighted by Gasteiger charge is -2.42. The Hall–Kier alpha value is -1.39. The molecule has 1 amide bonds. The Kier molecular flexibility index (Phi) is 6.19. The van der Waals surface area contributed by atoms with E-state index >= 15 is 0 Å². The number of nitrogens with zero attached hydrogens (tertiary/aromatic N) is 2. The first-order valence-corrected chi connectivity index (χ1v) is 8.70. The molecule has 1 aliphatic rings. The van der Waals surface area contributed by atoms with E-state index in [0.29, 0.717) is 12.1 Å². The van der Waals surface area contributed by atoms with E-state index in [9.17, 15) is 4.79 Å². The predicted molar refractivity (Wildman–Crippen MR) is 94.9 cm³/mol. The number of nitrogens with two attached hydrogens (primary N) is 1. The second-order valence-corrected chi connectivity index (χ2v) is 7.20. The summed E-state index contributed by atoms with van der Waals surface area (Å²) in [5.74, 6) is 0.259. The van der Waals surface area contributed by atoms with Gasteiger partial charge in [0.25, 0.3) is 0 Å². The summed E-state index contributed by atoms with van der Waals surface area (Å²) in [7, 11) is 1.91. The Morgan fingerprint density at radius 2 is 2.00 bits per heavy atom. The van der Waals surface area contributed by atoms with Crippen LogP contribution in [0.1, 0.15) is 39.2 Å². The zero-order valence-corrected chi connectivity index (χ0v) is 14.9. The number of carbonyl (C=O) groups excluding carboxylic acids is 1. The van der Waals surface area contributed by atoms with Crippen LogP contribution in [0.25, 0.3) is 0 Å². The van der Waals surface area contributed by atoms with Gasteiger partial charge in [0.05, 0.1) is 6.04 Å². The van der Waals surface area contributed by atoms with Crippen LogP contribution in [0.15, 0.2) is 30.3 Å². The zero-order valence-electron chi connectivity index (χ0n) is 14.9. The van der Waals surface area contributed by atoms with Crippen molar-refractivity contribution in [2.24, 2.45) is 11.7 Å². The van der Waals surface area contributed by atoms with Gasteiger partial charge in [-0.15, -0.1) is 0 Å². The molecular weight excluding hydrogens is 286 g/mol. The number of hydrogen-bond donors (Lipinski definition) is 1. The number of likely N-dealkylation sites (N-methyl/N-ethyl adjacent to an activating group) is 1. The standard InChI is InChI=1S/C19H31N3O/c1-14(2)18(20)19(23)21(4)17-10-11-22(15(3)12-17)13-16-8-6-5-7-9-16/h5-9,14-15,17-18H,10-13,20H2,1-4H3/t15-,17-,18-/m0/s1. The number of amides is 1. The van der Waals surface area contributed by atoms with Crippen LogP contribution in [-0.2, 0) is 11.3 Å². The molecule has 1 aromatic carbocycles. The average Bonchev–Trinajstić information content (AvgIpc) is 2.55. The summed E-state index contributed by atoms with van der Waals surface area (Å²) in [6, 6.07) is 11.0. The van der Waals surface area contributed by atoms with Gasteiger partial charge in [0.2, 0.25) is 5.91 Å². The number of piperidine rings is 1.